The van der Waals surface area contributed by atoms with E-state index in [0.717, 1.165) is 0 Å². The van der Waals surface area contributed by atoms with E-state index in [0.29, 0.717) is 6.61 Å². The Labute approximate surface area is 42.9 Å². The van der Waals surface area contributed by atoms with Crippen molar-refractivity contribution >= 4 is 11.4 Å². The highest BCUT2D eigenvalue weighted by molar-refractivity contribution is 7.74. The van der Waals surface area contributed by atoms with Gasteiger partial charge < -0.3 is 4.74 Å². The van der Waals surface area contributed by atoms with Crippen LogP contribution in [0, 0.1) is 0 Å². The monoisotopic (exact) mass is 124 g/mol. The fourth-order valence-electron chi connectivity index (χ4n) is 0.187. The van der Waals surface area contributed by atoms with Gasteiger partial charge in [-0.3, -0.25) is 4.55 Å². The van der Waals surface area contributed by atoms with Crippen LogP contribution in [-0.2, 0) is 20.3 Å². The van der Waals surface area contributed by atoms with Gasteiger partial charge in [-0.15, -0.1) is 0 Å². The molecule has 42 valence electrons. The lowest BCUT2D eigenvalue weighted by Crippen LogP contribution is -1.96. The second kappa shape index (κ2) is 1.87. The Hall–Kier alpha value is 0.0300. The van der Waals surface area contributed by atoms with Crippen LogP contribution < -0.4 is 0 Å². The third-order valence-corrected chi connectivity index (χ3v) is 0.872. The summed E-state index contributed by atoms with van der Waals surface area (Å²) in [7, 11) is 0. The van der Waals surface area contributed by atoms with Crippen LogP contribution in [0.5, 0.6) is 0 Å². The average Bonchev–Trinajstić information content (AvgIpc) is 2.17. The Morgan fingerprint density at radius 2 is 2.57 bits per heavy atom. The summed E-state index contributed by atoms with van der Waals surface area (Å²) in [5, 5.41) is 0. The van der Waals surface area contributed by atoms with Crippen molar-refractivity contribution in [3.63, 3.8) is 0 Å². The molecule has 1 aliphatic heterocycles. The molecule has 0 radical (unpaired) electrons. The molecule has 0 aromatic heterocycles. The van der Waals surface area contributed by atoms with E-state index in [-0.39, 0.29) is 0 Å². The predicted molar refractivity (Wildman–Crippen MR) is 21.6 cm³/mol. The Bertz CT molecular complexity index is 87.7. The van der Waals surface area contributed by atoms with Crippen LogP contribution >= 0.6 is 0 Å². The number of epoxide rings is 1. The molecule has 1 rings (SSSR count). The van der Waals surface area contributed by atoms with Gasteiger partial charge in [-0.1, -0.05) is 0 Å². The molecule has 1 saturated heterocycles. The van der Waals surface area contributed by atoms with E-state index in [1.165, 1.54) is 0 Å². The van der Waals surface area contributed by atoms with Gasteiger partial charge >= 0.3 is 11.4 Å². The van der Waals surface area contributed by atoms with E-state index in [2.05, 4.69) is 8.92 Å². The third-order valence-electron chi connectivity index (χ3n) is 0.492. The summed E-state index contributed by atoms with van der Waals surface area (Å²) in [4.78, 5) is 0. The van der Waals surface area contributed by atoms with Crippen molar-refractivity contribution in [2.24, 2.45) is 0 Å². The topological polar surface area (TPSA) is 59.1 Å². The summed E-state index contributed by atoms with van der Waals surface area (Å²) < 4.78 is 26.2. The molecule has 4 nitrogen and oxygen atoms in total. The lowest BCUT2D eigenvalue weighted by atomic mass is 10.9. The minimum absolute atomic E-state index is 0.425. The third kappa shape index (κ3) is 1.98. The van der Waals surface area contributed by atoms with Crippen LogP contribution in [0.3, 0.4) is 0 Å². The van der Waals surface area contributed by atoms with Crippen molar-refractivity contribution in [2.75, 3.05) is 6.61 Å². The number of hydrogen-bond acceptors (Lipinski definition) is 3. The summed E-state index contributed by atoms with van der Waals surface area (Å²) >= 11 is -2.16. The summed E-state index contributed by atoms with van der Waals surface area (Å²) in [5.41, 5.74) is 0. The summed E-state index contributed by atoms with van der Waals surface area (Å²) in [5.74, 6) is 0. The average molecular weight is 124 g/mol. The first-order chi connectivity index (χ1) is 3.29. The van der Waals surface area contributed by atoms with Gasteiger partial charge in [0, 0.05) is 0 Å². The maximum atomic E-state index is 9.66. The molecule has 1 aliphatic rings. The molecule has 2 atom stereocenters. The second-order valence-electron chi connectivity index (χ2n) is 1.08. The van der Waals surface area contributed by atoms with Gasteiger partial charge in [-0.05, 0) is 0 Å². The molecule has 1 fully saturated rings. The van der Waals surface area contributed by atoms with Crippen molar-refractivity contribution < 1.29 is 17.7 Å². The fraction of sp³-hybridized carbons (Fsp3) is 1.00. The highest BCUT2D eigenvalue weighted by Crippen LogP contribution is 2.10. The van der Waals surface area contributed by atoms with Crippen molar-refractivity contribution in [1.82, 2.24) is 0 Å². The molecule has 0 aromatic rings. The van der Waals surface area contributed by atoms with Crippen LogP contribution in [0.4, 0.5) is 0 Å². The van der Waals surface area contributed by atoms with Crippen LogP contribution in [0.2, 0.25) is 0 Å². The Morgan fingerprint density at radius 3 is 2.71 bits per heavy atom. The zero-order valence-electron chi connectivity index (χ0n) is 3.36. The smallest absolute Gasteiger partial charge is 0.304 e. The zero-order chi connectivity index (χ0) is 5.28. The molecule has 0 aromatic carbocycles. The fourth-order valence-corrected chi connectivity index (χ4v) is 0.481. The first kappa shape index (κ1) is 5.17. The standard InChI is InChI=1S/C2H4O4S/c3-7(4)6-2-1-5-2/h2H,1H2,(H,3,4). The van der Waals surface area contributed by atoms with Crippen LogP contribution in [-0.4, -0.2) is 21.7 Å². The SMILES string of the molecule is O=S(O)OC1CO1. The first-order valence-electron chi connectivity index (χ1n) is 1.68. The molecule has 5 heteroatoms. The highest BCUT2D eigenvalue weighted by Gasteiger charge is 2.25. The normalized spacial score (nSPS) is 32.4. The molecule has 7 heavy (non-hydrogen) atoms. The number of ether oxygens (including phenoxy) is 1. The predicted octanol–water partition coefficient (Wildman–Crippen LogP) is -0.504. The molecule has 0 bridgehead atoms. The molecule has 1 N–H and O–H groups in total. The van der Waals surface area contributed by atoms with Crippen molar-refractivity contribution in [3.8, 4) is 0 Å². The van der Waals surface area contributed by atoms with E-state index in [1.54, 1.807) is 0 Å². The van der Waals surface area contributed by atoms with Gasteiger partial charge in [0.25, 0.3) is 0 Å². The zero-order valence-corrected chi connectivity index (χ0v) is 4.18. The molecule has 0 amide bonds. The van der Waals surface area contributed by atoms with Crippen molar-refractivity contribution in [1.29, 1.82) is 0 Å². The van der Waals surface area contributed by atoms with E-state index in [9.17, 15) is 4.21 Å². The van der Waals surface area contributed by atoms with E-state index < -0.39 is 17.7 Å². The van der Waals surface area contributed by atoms with Gasteiger partial charge in [-0.2, -0.15) is 4.21 Å². The molecular weight excluding hydrogens is 120 g/mol. The van der Waals surface area contributed by atoms with Crippen LogP contribution in [0.1, 0.15) is 0 Å². The first-order valence-corrected chi connectivity index (χ1v) is 2.72. The largest absolute Gasteiger partial charge is 0.344 e. The van der Waals surface area contributed by atoms with E-state index >= 15 is 0 Å². The molecule has 2 unspecified atom stereocenters. The quantitative estimate of drug-likeness (QED) is 0.398. The maximum Gasteiger partial charge on any atom is 0.304 e. The van der Waals surface area contributed by atoms with Crippen molar-refractivity contribution in [3.05, 3.63) is 0 Å². The van der Waals surface area contributed by atoms with Gasteiger partial charge in [0.15, 0.2) is 6.29 Å². The maximum absolute atomic E-state index is 9.66. The van der Waals surface area contributed by atoms with Crippen molar-refractivity contribution in [2.45, 2.75) is 6.29 Å². The summed E-state index contributed by atoms with van der Waals surface area (Å²) in [6.45, 7) is 0.437. The molecule has 0 aliphatic carbocycles. The van der Waals surface area contributed by atoms with E-state index in [1.807, 2.05) is 0 Å². The van der Waals surface area contributed by atoms with Crippen LogP contribution in [0.15, 0.2) is 0 Å². The molecule has 1 heterocycles. The van der Waals surface area contributed by atoms with Gasteiger partial charge in [0.05, 0.1) is 0 Å². The number of rotatable bonds is 2. The molecule has 0 spiro atoms. The van der Waals surface area contributed by atoms with Gasteiger partial charge in [0.2, 0.25) is 0 Å². The number of hydrogen-bond donors (Lipinski definition) is 1. The highest BCUT2D eigenvalue weighted by atomic mass is 32.2. The lowest BCUT2D eigenvalue weighted by Gasteiger charge is -1.84. The minimum atomic E-state index is -2.16. The second-order valence-corrected chi connectivity index (χ2v) is 1.70. The Morgan fingerprint density at radius 1 is 2.00 bits per heavy atom. The van der Waals surface area contributed by atoms with Gasteiger partial charge in [-0.25, -0.2) is 4.18 Å². The lowest BCUT2D eigenvalue weighted by molar-refractivity contribution is 0.182. The minimum Gasteiger partial charge on any atom is -0.344 e. The van der Waals surface area contributed by atoms with Gasteiger partial charge in [0.1, 0.15) is 6.61 Å². The summed E-state index contributed by atoms with van der Waals surface area (Å²) in [6.07, 6.45) is -0.425. The summed E-state index contributed by atoms with van der Waals surface area (Å²) in [6, 6.07) is 0. The van der Waals surface area contributed by atoms with Crippen LogP contribution in [0.25, 0.3) is 0 Å². The van der Waals surface area contributed by atoms with E-state index in [4.69, 9.17) is 4.55 Å². The Balaban J connectivity index is 2.08. The molecular formula is C2H4O4S. The Kier molecular flexibility index (Phi) is 1.38. The molecule has 0 saturated carbocycles.